The van der Waals surface area contributed by atoms with E-state index in [2.05, 4.69) is 0 Å². The molecule has 0 nitrogen and oxygen atoms in total. The SMILES string of the molecule is Cl/C=C(Cl)/C=C/c1ccccc1. The average molecular weight is 199 g/mol. The van der Waals surface area contributed by atoms with E-state index in [4.69, 9.17) is 23.2 Å². The van der Waals surface area contributed by atoms with Gasteiger partial charge in [-0.05, 0) is 11.6 Å². The first-order valence-corrected chi connectivity index (χ1v) is 4.33. The summed E-state index contributed by atoms with van der Waals surface area (Å²) in [5.74, 6) is 0. The quantitative estimate of drug-likeness (QED) is 0.631. The third-order valence-corrected chi connectivity index (χ3v) is 1.92. The molecule has 1 aromatic carbocycles. The highest BCUT2D eigenvalue weighted by Gasteiger charge is 1.84. The molecule has 0 aromatic heterocycles. The second kappa shape index (κ2) is 5.02. The zero-order valence-electron chi connectivity index (χ0n) is 6.37. The van der Waals surface area contributed by atoms with Gasteiger partial charge in [0.15, 0.2) is 0 Å². The Morgan fingerprint density at radius 1 is 1.17 bits per heavy atom. The van der Waals surface area contributed by atoms with Crippen LogP contribution in [-0.2, 0) is 0 Å². The second-order valence-electron chi connectivity index (χ2n) is 2.24. The Morgan fingerprint density at radius 2 is 1.83 bits per heavy atom. The van der Waals surface area contributed by atoms with Gasteiger partial charge in [0.25, 0.3) is 0 Å². The molecule has 62 valence electrons. The minimum atomic E-state index is 0.528. The summed E-state index contributed by atoms with van der Waals surface area (Å²) in [6.07, 6.45) is 3.66. The first-order chi connectivity index (χ1) is 5.83. The normalized spacial score (nSPS) is 12.3. The molecule has 0 fully saturated rings. The van der Waals surface area contributed by atoms with Crippen LogP contribution in [0.25, 0.3) is 6.08 Å². The van der Waals surface area contributed by atoms with E-state index < -0.39 is 0 Å². The van der Waals surface area contributed by atoms with Gasteiger partial charge in [-0.1, -0.05) is 59.6 Å². The van der Waals surface area contributed by atoms with Crippen molar-refractivity contribution < 1.29 is 0 Å². The van der Waals surface area contributed by atoms with Crippen molar-refractivity contribution in [1.29, 1.82) is 0 Å². The largest absolute Gasteiger partial charge is 0.0913 e. The first-order valence-electron chi connectivity index (χ1n) is 3.52. The van der Waals surface area contributed by atoms with E-state index in [1.165, 1.54) is 5.54 Å². The standard InChI is InChI=1S/C10H8Cl2/c11-8-10(12)7-6-9-4-2-1-3-5-9/h1-8H/b7-6+,10-8-. The zero-order valence-corrected chi connectivity index (χ0v) is 7.89. The van der Waals surface area contributed by atoms with E-state index >= 15 is 0 Å². The summed E-state index contributed by atoms with van der Waals surface area (Å²) in [7, 11) is 0. The predicted molar refractivity (Wildman–Crippen MR) is 55.3 cm³/mol. The molecule has 0 unspecified atom stereocenters. The molecule has 0 saturated heterocycles. The molecule has 1 aromatic rings. The van der Waals surface area contributed by atoms with Crippen molar-refractivity contribution in [1.82, 2.24) is 0 Å². The lowest BCUT2D eigenvalue weighted by Crippen LogP contribution is -1.67. The molecule has 0 radical (unpaired) electrons. The van der Waals surface area contributed by atoms with Gasteiger partial charge < -0.3 is 0 Å². The minimum absolute atomic E-state index is 0.528. The Bertz CT molecular complexity index is 286. The summed E-state index contributed by atoms with van der Waals surface area (Å²) < 4.78 is 0. The number of allylic oxidation sites excluding steroid dienone is 2. The van der Waals surface area contributed by atoms with E-state index in [-0.39, 0.29) is 0 Å². The van der Waals surface area contributed by atoms with Crippen molar-refractivity contribution in [3.8, 4) is 0 Å². The van der Waals surface area contributed by atoms with E-state index in [1.54, 1.807) is 6.08 Å². The van der Waals surface area contributed by atoms with Gasteiger partial charge in [0.05, 0.1) is 5.03 Å². The van der Waals surface area contributed by atoms with Crippen molar-refractivity contribution in [2.45, 2.75) is 0 Å². The summed E-state index contributed by atoms with van der Waals surface area (Å²) >= 11 is 11.0. The molecule has 2 heteroatoms. The molecule has 0 aliphatic heterocycles. The summed E-state index contributed by atoms with van der Waals surface area (Å²) in [4.78, 5) is 0. The van der Waals surface area contributed by atoms with E-state index in [0.29, 0.717) is 5.03 Å². The molecule has 0 aliphatic rings. The monoisotopic (exact) mass is 198 g/mol. The van der Waals surface area contributed by atoms with E-state index in [9.17, 15) is 0 Å². The van der Waals surface area contributed by atoms with Gasteiger partial charge in [-0.3, -0.25) is 0 Å². The van der Waals surface area contributed by atoms with E-state index in [1.807, 2.05) is 36.4 Å². The molecular formula is C10H8Cl2. The maximum Gasteiger partial charge on any atom is 0.0519 e. The Kier molecular flexibility index (Phi) is 3.92. The van der Waals surface area contributed by atoms with Crippen LogP contribution in [0.15, 0.2) is 47.0 Å². The smallest absolute Gasteiger partial charge is 0.0519 e. The fourth-order valence-electron chi connectivity index (χ4n) is 0.776. The van der Waals surface area contributed by atoms with Gasteiger partial charge in [-0.15, -0.1) is 0 Å². The molecule has 0 atom stereocenters. The average Bonchev–Trinajstić information content (AvgIpc) is 2.16. The van der Waals surface area contributed by atoms with Crippen molar-refractivity contribution >= 4 is 29.3 Å². The maximum absolute atomic E-state index is 5.66. The molecular weight excluding hydrogens is 191 g/mol. The lowest BCUT2D eigenvalue weighted by atomic mass is 10.2. The van der Waals surface area contributed by atoms with Crippen LogP contribution in [0.5, 0.6) is 0 Å². The van der Waals surface area contributed by atoms with E-state index in [0.717, 1.165) is 5.56 Å². The van der Waals surface area contributed by atoms with Gasteiger partial charge in [-0.2, -0.15) is 0 Å². The van der Waals surface area contributed by atoms with Crippen LogP contribution >= 0.6 is 23.2 Å². The van der Waals surface area contributed by atoms with Gasteiger partial charge in [0.1, 0.15) is 0 Å². The summed E-state index contributed by atoms with van der Waals surface area (Å²) in [5.41, 5.74) is 2.44. The number of hydrogen-bond donors (Lipinski definition) is 0. The number of benzene rings is 1. The Balaban J connectivity index is 2.70. The van der Waals surface area contributed by atoms with Gasteiger partial charge in [-0.25, -0.2) is 0 Å². The molecule has 0 amide bonds. The topological polar surface area (TPSA) is 0 Å². The number of hydrogen-bond acceptors (Lipinski definition) is 0. The number of rotatable bonds is 2. The van der Waals surface area contributed by atoms with Crippen LogP contribution in [0.4, 0.5) is 0 Å². The van der Waals surface area contributed by atoms with Crippen LogP contribution in [-0.4, -0.2) is 0 Å². The Labute approximate surface area is 82.1 Å². The van der Waals surface area contributed by atoms with Gasteiger partial charge in [0, 0.05) is 5.54 Å². The fourth-order valence-corrected chi connectivity index (χ4v) is 0.912. The second-order valence-corrected chi connectivity index (χ2v) is 2.89. The highest BCUT2D eigenvalue weighted by molar-refractivity contribution is 6.37. The third kappa shape index (κ3) is 3.12. The summed E-state index contributed by atoms with van der Waals surface area (Å²) in [6, 6.07) is 9.90. The van der Waals surface area contributed by atoms with Crippen LogP contribution in [0.2, 0.25) is 0 Å². The van der Waals surface area contributed by atoms with Crippen molar-refractivity contribution in [3.05, 3.63) is 52.5 Å². The van der Waals surface area contributed by atoms with Crippen LogP contribution < -0.4 is 0 Å². The maximum atomic E-state index is 5.66. The van der Waals surface area contributed by atoms with Crippen LogP contribution in [0.3, 0.4) is 0 Å². The molecule has 0 aliphatic carbocycles. The minimum Gasteiger partial charge on any atom is -0.0913 e. The molecule has 0 bridgehead atoms. The van der Waals surface area contributed by atoms with Gasteiger partial charge >= 0.3 is 0 Å². The number of halogens is 2. The zero-order chi connectivity index (χ0) is 8.81. The highest BCUT2D eigenvalue weighted by atomic mass is 35.5. The van der Waals surface area contributed by atoms with Crippen molar-refractivity contribution in [3.63, 3.8) is 0 Å². The molecule has 0 spiro atoms. The fraction of sp³-hybridized carbons (Fsp3) is 0. The third-order valence-electron chi connectivity index (χ3n) is 1.34. The van der Waals surface area contributed by atoms with Crippen molar-refractivity contribution in [2.24, 2.45) is 0 Å². The summed E-state index contributed by atoms with van der Waals surface area (Å²) in [6.45, 7) is 0. The molecule has 0 saturated carbocycles. The lowest BCUT2D eigenvalue weighted by molar-refractivity contribution is 1.66. The predicted octanol–water partition coefficient (Wildman–Crippen LogP) is 4.02. The van der Waals surface area contributed by atoms with Crippen molar-refractivity contribution in [2.75, 3.05) is 0 Å². The Hall–Kier alpha value is -0.720. The lowest BCUT2D eigenvalue weighted by Gasteiger charge is -1.89. The van der Waals surface area contributed by atoms with Crippen LogP contribution in [0.1, 0.15) is 5.56 Å². The van der Waals surface area contributed by atoms with Gasteiger partial charge in [0.2, 0.25) is 0 Å². The Morgan fingerprint density at radius 3 is 2.42 bits per heavy atom. The molecule has 12 heavy (non-hydrogen) atoms. The molecule has 0 N–H and O–H groups in total. The molecule has 1 rings (SSSR count). The molecule has 0 heterocycles. The van der Waals surface area contributed by atoms with Crippen LogP contribution in [0, 0.1) is 0 Å². The first kappa shape index (κ1) is 9.37. The summed E-state index contributed by atoms with van der Waals surface area (Å²) in [5, 5.41) is 0.528. The highest BCUT2D eigenvalue weighted by Crippen LogP contribution is 2.08.